The zero-order valence-electron chi connectivity index (χ0n) is 16.2. The summed E-state index contributed by atoms with van der Waals surface area (Å²) in [6.45, 7) is 0.446. The number of amides is 1. The van der Waals surface area contributed by atoms with Gasteiger partial charge in [-0.2, -0.15) is 0 Å². The quantitative estimate of drug-likeness (QED) is 0.488. The maximum Gasteiger partial charge on any atom is 0.272 e. The van der Waals surface area contributed by atoms with Crippen molar-refractivity contribution in [3.05, 3.63) is 90.4 Å². The summed E-state index contributed by atoms with van der Waals surface area (Å²) in [4.78, 5) is 21.7. The molecule has 0 saturated heterocycles. The number of carbonyl (C=O) groups excluding carboxylic acids is 1. The van der Waals surface area contributed by atoms with E-state index in [9.17, 15) is 9.18 Å². The van der Waals surface area contributed by atoms with Gasteiger partial charge in [-0.3, -0.25) is 9.78 Å². The fourth-order valence-corrected chi connectivity index (χ4v) is 3.69. The molecule has 0 aliphatic rings. The van der Waals surface area contributed by atoms with Crippen molar-refractivity contribution in [2.45, 2.75) is 6.54 Å². The predicted octanol–water partition coefficient (Wildman–Crippen LogP) is 4.36. The van der Waals surface area contributed by atoms with Crippen LogP contribution < -0.4 is 5.32 Å². The van der Waals surface area contributed by atoms with E-state index in [1.54, 1.807) is 30.7 Å². The molecular weight excluding hydrogens is 381 g/mol. The van der Waals surface area contributed by atoms with Crippen molar-refractivity contribution in [1.29, 1.82) is 0 Å². The third-order valence-corrected chi connectivity index (χ3v) is 5.12. The number of carbonyl (C=O) groups is 1. The Balaban J connectivity index is 1.54. The number of hydrogen-bond donors (Lipinski definition) is 1. The van der Waals surface area contributed by atoms with E-state index in [0.717, 1.165) is 22.1 Å². The van der Waals surface area contributed by atoms with Crippen molar-refractivity contribution in [2.24, 2.45) is 7.05 Å². The Labute approximate surface area is 171 Å². The summed E-state index contributed by atoms with van der Waals surface area (Å²) < 4.78 is 17.6. The summed E-state index contributed by atoms with van der Waals surface area (Å²) >= 11 is 0. The minimum atomic E-state index is -0.341. The first kappa shape index (κ1) is 18.1. The summed E-state index contributed by atoms with van der Waals surface area (Å²) in [5.41, 5.74) is 3.60. The predicted molar refractivity (Wildman–Crippen MR) is 114 cm³/mol. The van der Waals surface area contributed by atoms with E-state index in [0.29, 0.717) is 23.3 Å². The molecule has 0 saturated carbocycles. The van der Waals surface area contributed by atoms with Gasteiger partial charge >= 0.3 is 0 Å². The molecule has 0 bridgehead atoms. The Bertz CT molecular complexity index is 1390. The molecule has 4 aromatic heterocycles. The molecule has 4 heterocycles. The molecule has 30 heavy (non-hydrogen) atoms. The molecule has 0 fully saturated rings. The lowest BCUT2D eigenvalue weighted by Gasteiger charge is -2.11. The molecule has 148 valence electrons. The van der Waals surface area contributed by atoms with Crippen molar-refractivity contribution in [3.63, 3.8) is 0 Å². The van der Waals surface area contributed by atoms with E-state index in [1.807, 2.05) is 46.6 Å². The molecule has 5 aromatic rings. The van der Waals surface area contributed by atoms with E-state index in [-0.39, 0.29) is 11.7 Å². The van der Waals surface area contributed by atoms with Gasteiger partial charge in [0.05, 0.1) is 11.9 Å². The van der Waals surface area contributed by atoms with Crippen molar-refractivity contribution in [1.82, 2.24) is 19.1 Å². The van der Waals surface area contributed by atoms with Crippen LogP contribution in [0.3, 0.4) is 0 Å². The van der Waals surface area contributed by atoms with Crippen molar-refractivity contribution in [3.8, 4) is 0 Å². The Kier molecular flexibility index (Phi) is 4.28. The lowest BCUT2D eigenvalue weighted by atomic mass is 10.2. The second kappa shape index (κ2) is 7.11. The van der Waals surface area contributed by atoms with Crippen LogP contribution in [0.2, 0.25) is 0 Å². The average molecular weight is 399 g/mol. The van der Waals surface area contributed by atoms with Crippen molar-refractivity contribution >= 4 is 33.5 Å². The van der Waals surface area contributed by atoms with Crippen LogP contribution in [0.15, 0.2) is 73.3 Å². The molecule has 0 unspecified atom stereocenters. The molecule has 1 N–H and O–H groups in total. The van der Waals surface area contributed by atoms with E-state index in [4.69, 9.17) is 0 Å². The Morgan fingerprint density at radius 2 is 2.00 bits per heavy atom. The molecule has 0 radical (unpaired) electrons. The van der Waals surface area contributed by atoms with Gasteiger partial charge in [0, 0.05) is 48.5 Å². The fourth-order valence-electron chi connectivity index (χ4n) is 3.69. The molecule has 0 aliphatic carbocycles. The average Bonchev–Trinajstić information content (AvgIpc) is 3.29. The van der Waals surface area contributed by atoms with E-state index < -0.39 is 0 Å². The van der Waals surface area contributed by atoms with E-state index in [2.05, 4.69) is 15.3 Å². The van der Waals surface area contributed by atoms with Crippen LogP contribution in [0.25, 0.3) is 21.9 Å². The fraction of sp³-hybridized carbons (Fsp3) is 0.0870. The molecule has 7 heteroatoms. The number of pyridine rings is 2. The number of benzene rings is 1. The molecule has 1 aromatic carbocycles. The number of anilines is 1. The normalized spacial score (nSPS) is 11.3. The zero-order chi connectivity index (χ0) is 20.7. The van der Waals surface area contributed by atoms with Crippen LogP contribution in [-0.2, 0) is 13.6 Å². The Morgan fingerprint density at radius 3 is 2.83 bits per heavy atom. The summed E-state index contributed by atoms with van der Waals surface area (Å²) in [6.07, 6.45) is 7.01. The van der Waals surface area contributed by atoms with Gasteiger partial charge in [-0.25, -0.2) is 9.37 Å². The molecule has 1 amide bonds. The monoisotopic (exact) mass is 399 g/mol. The highest BCUT2D eigenvalue weighted by molar-refractivity contribution is 6.07. The third-order valence-electron chi connectivity index (χ3n) is 5.12. The Hall–Kier alpha value is -4.00. The first-order valence-electron chi connectivity index (χ1n) is 9.48. The van der Waals surface area contributed by atoms with Gasteiger partial charge in [0.2, 0.25) is 0 Å². The second-order valence-corrected chi connectivity index (χ2v) is 7.20. The van der Waals surface area contributed by atoms with Gasteiger partial charge < -0.3 is 14.5 Å². The largest absolute Gasteiger partial charge is 0.336 e. The number of aromatic nitrogens is 4. The highest BCUT2D eigenvalue weighted by atomic mass is 19.1. The molecule has 0 atom stereocenters. The van der Waals surface area contributed by atoms with Gasteiger partial charge in [0.1, 0.15) is 17.2 Å². The van der Waals surface area contributed by atoms with Crippen LogP contribution in [0.5, 0.6) is 0 Å². The molecular formula is C23H18FN5O. The summed E-state index contributed by atoms with van der Waals surface area (Å²) in [7, 11) is 1.92. The lowest BCUT2D eigenvalue weighted by molar-refractivity contribution is 0.101. The van der Waals surface area contributed by atoms with Gasteiger partial charge in [-0.15, -0.1) is 0 Å². The lowest BCUT2D eigenvalue weighted by Crippen LogP contribution is -2.17. The molecule has 0 aliphatic heterocycles. The first-order valence-corrected chi connectivity index (χ1v) is 9.48. The third kappa shape index (κ3) is 3.20. The van der Waals surface area contributed by atoms with E-state index in [1.165, 1.54) is 12.1 Å². The van der Waals surface area contributed by atoms with Gasteiger partial charge in [0.15, 0.2) is 0 Å². The van der Waals surface area contributed by atoms with E-state index >= 15 is 0 Å². The van der Waals surface area contributed by atoms with Crippen LogP contribution in [-0.4, -0.2) is 25.0 Å². The Morgan fingerprint density at radius 1 is 1.10 bits per heavy atom. The molecule has 0 spiro atoms. The smallest absolute Gasteiger partial charge is 0.272 e. The van der Waals surface area contributed by atoms with Gasteiger partial charge in [-0.05, 0) is 48.0 Å². The summed E-state index contributed by atoms with van der Waals surface area (Å²) in [5.74, 6) is -0.626. The highest BCUT2D eigenvalue weighted by Crippen LogP contribution is 2.24. The minimum absolute atomic E-state index is 0.285. The van der Waals surface area contributed by atoms with Crippen LogP contribution in [0, 0.1) is 5.82 Å². The first-order chi connectivity index (χ1) is 14.6. The summed E-state index contributed by atoms with van der Waals surface area (Å²) in [6, 6.07) is 13.8. The number of aryl methyl sites for hydroxylation is 1. The number of rotatable bonds is 4. The number of hydrogen-bond acceptors (Lipinski definition) is 3. The van der Waals surface area contributed by atoms with Crippen LogP contribution in [0.4, 0.5) is 10.1 Å². The van der Waals surface area contributed by atoms with Gasteiger partial charge in [-0.1, -0.05) is 6.07 Å². The zero-order valence-corrected chi connectivity index (χ0v) is 16.2. The SMILES string of the molecule is Cn1ccc2cc(NC(=O)c3cc4cc(F)ccc4n3Cc3cccnc3)cnc21. The summed E-state index contributed by atoms with van der Waals surface area (Å²) in [5, 5.41) is 4.53. The maximum atomic E-state index is 13.8. The van der Waals surface area contributed by atoms with Crippen molar-refractivity contribution < 1.29 is 9.18 Å². The highest BCUT2D eigenvalue weighted by Gasteiger charge is 2.17. The number of fused-ring (bicyclic) bond motifs is 2. The maximum absolute atomic E-state index is 13.8. The topological polar surface area (TPSA) is 64.7 Å². The van der Waals surface area contributed by atoms with Gasteiger partial charge in [0.25, 0.3) is 5.91 Å². The number of nitrogens with zero attached hydrogens (tertiary/aromatic N) is 4. The standard InChI is InChI=1S/C23H18FN5O/c1-28-8-6-16-10-19(13-26-22(16)28)27-23(30)21-11-17-9-18(24)4-5-20(17)29(21)14-15-3-2-7-25-12-15/h2-13H,14H2,1H3,(H,27,30). The minimum Gasteiger partial charge on any atom is -0.336 e. The van der Waals surface area contributed by atoms with Crippen LogP contribution >= 0.6 is 0 Å². The van der Waals surface area contributed by atoms with Crippen LogP contribution in [0.1, 0.15) is 16.1 Å². The molecule has 6 nitrogen and oxygen atoms in total. The number of halogens is 1. The molecule has 5 rings (SSSR count). The van der Waals surface area contributed by atoms with Crippen molar-refractivity contribution in [2.75, 3.05) is 5.32 Å². The second-order valence-electron chi connectivity index (χ2n) is 7.20. The number of nitrogens with one attached hydrogen (secondary N) is 1.